The molecule has 2 amide bonds. The molecule has 46 heavy (non-hydrogen) atoms. The summed E-state index contributed by atoms with van der Waals surface area (Å²) < 4.78 is 5.81. The van der Waals surface area contributed by atoms with Gasteiger partial charge in [0.1, 0.15) is 12.4 Å². The van der Waals surface area contributed by atoms with Gasteiger partial charge in [0, 0.05) is 85.7 Å². The Balaban J connectivity index is 0.860. The number of amides is 2. The lowest BCUT2D eigenvalue weighted by molar-refractivity contribution is -0.129. The summed E-state index contributed by atoms with van der Waals surface area (Å²) in [5, 5.41) is 19.6. The molecular formula is C34H42N8O4. The molecule has 12 heteroatoms. The number of fused-ring (bicyclic) bond motifs is 1. The van der Waals surface area contributed by atoms with Crippen molar-refractivity contribution >= 4 is 23.2 Å². The van der Waals surface area contributed by atoms with Gasteiger partial charge in [0.2, 0.25) is 5.91 Å². The number of piperazine rings is 1. The molecule has 3 fully saturated rings. The number of aryl methyl sites for hydroxylation is 1. The molecule has 2 aliphatic carbocycles. The van der Waals surface area contributed by atoms with E-state index in [-0.39, 0.29) is 42.5 Å². The highest BCUT2D eigenvalue weighted by atomic mass is 16.5. The second-order valence-electron chi connectivity index (χ2n) is 13.2. The summed E-state index contributed by atoms with van der Waals surface area (Å²) in [4.78, 5) is 43.7. The van der Waals surface area contributed by atoms with E-state index in [0.717, 1.165) is 55.5 Å². The zero-order valence-electron chi connectivity index (χ0n) is 26.5. The van der Waals surface area contributed by atoms with Gasteiger partial charge in [-0.1, -0.05) is 6.08 Å². The molecule has 3 aliphatic heterocycles. The van der Waals surface area contributed by atoms with Gasteiger partial charge in [0.15, 0.2) is 5.82 Å². The van der Waals surface area contributed by atoms with E-state index in [9.17, 15) is 14.7 Å². The number of aliphatic hydroxyl groups is 1. The maximum Gasteiger partial charge on any atom is 0.254 e. The number of aliphatic hydroxyl groups excluding tert-OH is 1. The van der Waals surface area contributed by atoms with Gasteiger partial charge < -0.3 is 20.1 Å². The Morgan fingerprint density at radius 2 is 1.96 bits per heavy atom. The van der Waals surface area contributed by atoms with Gasteiger partial charge in [-0.15, -0.1) is 0 Å². The van der Waals surface area contributed by atoms with Crippen molar-refractivity contribution in [2.24, 2.45) is 11.0 Å². The van der Waals surface area contributed by atoms with Crippen LogP contribution in [0.4, 0.5) is 0 Å². The van der Waals surface area contributed by atoms with Gasteiger partial charge in [0.05, 0.1) is 18.2 Å². The van der Waals surface area contributed by atoms with E-state index in [1.807, 2.05) is 35.2 Å². The summed E-state index contributed by atoms with van der Waals surface area (Å²) in [5.74, 6) is 1.34. The number of pyridine rings is 1. The second kappa shape index (κ2) is 13.0. The number of rotatable bonds is 7. The van der Waals surface area contributed by atoms with Crippen LogP contribution in [-0.4, -0.2) is 102 Å². The molecule has 1 saturated heterocycles. The van der Waals surface area contributed by atoms with Gasteiger partial charge >= 0.3 is 0 Å². The van der Waals surface area contributed by atoms with E-state index < -0.39 is 6.10 Å². The van der Waals surface area contributed by atoms with Crippen LogP contribution in [0.1, 0.15) is 72.9 Å². The zero-order valence-corrected chi connectivity index (χ0v) is 26.5. The summed E-state index contributed by atoms with van der Waals surface area (Å²) >= 11 is 0. The van der Waals surface area contributed by atoms with Gasteiger partial charge in [0.25, 0.3) is 5.91 Å². The van der Waals surface area contributed by atoms with Crippen molar-refractivity contribution in [3.63, 3.8) is 0 Å². The van der Waals surface area contributed by atoms with Crippen LogP contribution in [0.25, 0.3) is 5.57 Å². The number of ether oxygens (including phenoxy) is 1. The van der Waals surface area contributed by atoms with Crippen LogP contribution in [0.3, 0.4) is 0 Å². The minimum absolute atomic E-state index is 0.0206. The minimum atomic E-state index is -0.397. The predicted octanol–water partition coefficient (Wildman–Crippen LogP) is 2.65. The fraction of sp³-hybridized carbons (Fsp3) is 0.529. The van der Waals surface area contributed by atoms with Crippen molar-refractivity contribution in [1.29, 1.82) is 0 Å². The Labute approximate surface area is 269 Å². The number of aromatic nitrogens is 3. The molecule has 0 aromatic carbocycles. The van der Waals surface area contributed by atoms with Gasteiger partial charge in [-0.05, 0) is 69.7 Å². The summed E-state index contributed by atoms with van der Waals surface area (Å²) in [7, 11) is 0. The molecule has 0 bridgehead atoms. The minimum Gasteiger partial charge on any atom is -0.390 e. The standard InChI is InChI=1S/C34H42N8O4/c1-21-12-24(6-8-35-21)34(45)40-10-11-41(22(2)19-40)27-14-25(15-27)33(44)38-31-16-28-13-23(7-9-42(28)39-31)26-17-36-32(37-18-26)20-46-30-5-3-4-29(30)43/h6-9,12-13,17-18,22,25,27-30,43H,3-5,10-11,14-16,19-20H2,1-2H3,(H,38,39,44)/t22-,25?,27?,28?,29-,30-/m0/s1. The predicted molar refractivity (Wildman–Crippen MR) is 171 cm³/mol. The van der Waals surface area contributed by atoms with Crippen molar-refractivity contribution in [1.82, 2.24) is 35.1 Å². The van der Waals surface area contributed by atoms with E-state index in [0.29, 0.717) is 42.8 Å². The van der Waals surface area contributed by atoms with Crippen LogP contribution in [0.5, 0.6) is 0 Å². The smallest absolute Gasteiger partial charge is 0.254 e. The fourth-order valence-electron chi connectivity index (χ4n) is 7.25. The largest absolute Gasteiger partial charge is 0.390 e. The van der Waals surface area contributed by atoms with E-state index in [1.165, 1.54) is 0 Å². The number of nitrogens with one attached hydrogen (secondary N) is 1. The fourth-order valence-corrected chi connectivity index (χ4v) is 7.25. The van der Waals surface area contributed by atoms with Crippen LogP contribution in [0.2, 0.25) is 0 Å². The first-order chi connectivity index (χ1) is 22.3. The highest BCUT2D eigenvalue weighted by molar-refractivity contribution is 6.00. The average molecular weight is 627 g/mol. The first-order valence-electron chi connectivity index (χ1n) is 16.5. The van der Waals surface area contributed by atoms with Gasteiger partial charge in [-0.3, -0.25) is 24.5 Å². The Morgan fingerprint density at radius 1 is 1.13 bits per heavy atom. The summed E-state index contributed by atoms with van der Waals surface area (Å²) in [6, 6.07) is 4.23. The van der Waals surface area contributed by atoms with Crippen LogP contribution < -0.4 is 5.32 Å². The lowest BCUT2D eigenvalue weighted by atomic mass is 9.77. The lowest BCUT2D eigenvalue weighted by Gasteiger charge is -2.49. The number of carbonyl (C=O) groups excluding carboxylic acids is 2. The number of hydrogen-bond donors (Lipinski definition) is 2. The second-order valence-corrected chi connectivity index (χ2v) is 13.2. The van der Waals surface area contributed by atoms with Crippen molar-refractivity contribution in [2.45, 2.75) is 89.3 Å². The summed E-state index contributed by atoms with van der Waals surface area (Å²) in [5.41, 5.74) is 3.45. The maximum atomic E-state index is 13.1. The van der Waals surface area contributed by atoms with Crippen LogP contribution in [0.15, 0.2) is 54.2 Å². The monoisotopic (exact) mass is 626 g/mol. The van der Waals surface area contributed by atoms with Gasteiger partial charge in [-0.25, -0.2) is 9.97 Å². The molecule has 0 radical (unpaired) electrons. The SMILES string of the molecule is Cc1cc(C(=O)N2CCN(C3CC(C(=O)NC4=NN5C=CC(c6cnc(CO[C@H]7CCC[C@@H]7O)nc6)=CC5C4)C3)[C@@H](C)C2)ccn1. The molecule has 5 heterocycles. The maximum absolute atomic E-state index is 13.1. The highest BCUT2D eigenvalue weighted by Gasteiger charge is 2.42. The van der Waals surface area contributed by atoms with Gasteiger partial charge in [-0.2, -0.15) is 5.10 Å². The molecule has 2 aromatic heterocycles. The van der Waals surface area contributed by atoms with Crippen LogP contribution >= 0.6 is 0 Å². The Bertz CT molecular complexity index is 1550. The Morgan fingerprint density at radius 3 is 2.70 bits per heavy atom. The molecule has 2 aromatic rings. The van der Waals surface area contributed by atoms with E-state index in [1.54, 1.807) is 24.7 Å². The zero-order chi connectivity index (χ0) is 31.8. The Kier molecular flexibility index (Phi) is 8.67. The van der Waals surface area contributed by atoms with E-state index in [4.69, 9.17) is 4.74 Å². The van der Waals surface area contributed by atoms with E-state index >= 15 is 0 Å². The number of carbonyl (C=O) groups is 2. The first-order valence-corrected chi connectivity index (χ1v) is 16.5. The first kappa shape index (κ1) is 30.6. The van der Waals surface area contributed by atoms with Crippen LogP contribution in [0, 0.1) is 12.8 Å². The molecule has 12 nitrogen and oxygen atoms in total. The van der Waals surface area contributed by atoms with Crippen molar-refractivity contribution in [2.75, 3.05) is 19.6 Å². The third-order valence-corrected chi connectivity index (χ3v) is 9.97. The average Bonchev–Trinajstić information content (AvgIpc) is 3.64. The van der Waals surface area contributed by atoms with Crippen molar-refractivity contribution in [3.05, 3.63) is 71.7 Å². The number of amidine groups is 1. The highest BCUT2D eigenvalue weighted by Crippen LogP contribution is 2.35. The quantitative estimate of drug-likeness (QED) is 0.475. The molecular weight excluding hydrogens is 584 g/mol. The van der Waals surface area contributed by atoms with Crippen molar-refractivity contribution in [3.8, 4) is 0 Å². The summed E-state index contributed by atoms with van der Waals surface area (Å²) in [6.07, 6.45) is 15.7. The third kappa shape index (κ3) is 6.47. The molecule has 2 N–H and O–H groups in total. The number of hydrazone groups is 1. The van der Waals surface area contributed by atoms with E-state index in [2.05, 4.69) is 43.3 Å². The van der Waals surface area contributed by atoms with Crippen LogP contribution in [-0.2, 0) is 16.1 Å². The lowest BCUT2D eigenvalue weighted by Crippen LogP contribution is -2.60. The van der Waals surface area contributed by atoms with Crippen molar-refractivity contribution < 1.29 is 19.4 Å². The molecule has 2 saturated carbocycles. The molecule has 0 spiro atoms. The topological polar surface area (TPSA) is 136 Å². The molecule has 242 valence electrons. The molecule has 7 rings (SSSR count). The number of allylic oxidation sites excluding steroid dienone is 2. The normalized spacial score (nSPS) is 29.2. The molecule has 5 aliphatic rings. The number of nitrogens with zero attached hydrogens (tertiary/aromatic N) is 7. The molecule has 4 atom stereocenters. The third-order valence-electron chi connectivity index (χ3n) is 9.97. The number of hydrogen-bond acceptors (Lipinski definition) is 10. The molecule has 1 unspecified atom stereocenters. The Hall–Kier alpha value is -4.00. The summed E-state index contributed by atoms with van der Waals surface area (Å²) in [6.45, 7) is 6.53.